The largest absolute Gasteiger partial charge is 0.507 e. The van der Waals surface area contributed by atoms with E-state index in [0.717, 1.165) is 11.1 Å². The number of hydrogen-bond donors (Lipinski definition) is 1. The minimum Gasteiger partial charge on any atom is -0.507 e. The highest BCUT2D eigenvalue weighted by molar-refractivity contribution is 6.30. The zero-order valence-corrected chi connectivity index (χ0v) is 14.9. The summed E-state index contributed by atoms with van der Waals surface area (Å²) in [6, 6.07) is 12.4. The molecule has 26 heavy (non-hydrogen) atoms. The van der Waals surface area contributed by atoms with Crippen molar-refractivity contribution in [2.45, 2.75) is 13.8 Å². The Morgan fingerprint density at radius 1 is 1.12 bits per heavy atom. The highest BCUT2D eigenvalue weighted by atomic mass is 35.5. The van der Waals surface area contributed by atoms with Crippen LogP contribution in [0.25, 0.3) is 28.2 Å². The van der Waals surface area contributed by atoms with Crippen LogP contribution < -0.4 is 5.63 Å². The molecule has 5 nitrogen and oxygen atoms in total. The standard InChI is InChI=1S/C20H15ClN2O3/c1-11-3-8-16-22-18(13-4-6-14(21)7-5-13)19(23(16)10-11)17-15(24)9-12(2)26-20(17)25/h3-10,24H,1-2H3. The number of rotatable bonds is 2. The Morgan fingerprint density at radius 2 is 1.85 bits per heavy atom. The monoisotopic (exact) mass is 366 g/mol. The number of halogens is 1. The lowest BCUT2D eigenvalue weighted by molar-refractivity contribution is 0.438. The molecule has 1 aromatic carbocycles. The molecule has 0 bridgehead atoms. The summed E-state index contributed by atoms with van der Waals surface area (Å²) in [6.07, 6.45) is 1.87. The zero-order valence-electron chi connectivity index (χ0n) is 14.2. The summed E-state index contributed by atoms with van der Waals surface area (Å²) in [7, 11) is 0. The van der Waals surface area contributed by atoms with E-state index in [1.807, 2.05) is 37.4 Å². The average Bonchev–Trinajstić information content (AvgIpc) is 2.93. The molecule has 0 radical (unpaired) electrons. The Bertz CT molecular complexity index is 1190. The predicted molar refractivity (Wildman–Crippen MR) is 101 cm³/mol. The van der Waals surface area contributed by atoms with Crippen molar-refractivity contribution in [2.75, 3.05) is 0 Å². The Balaban J connectivity index is 2.13. The van der Waals surface area contributed by atoms with E-state index in [1.165, 1.54) is 6.07 Å². The van der Waals surface area contributed by atoms with Crippen LogP contribution in [-0.2, 0) is 0 Å². The van der Waals surface area contributed by atoms with Crippen molar-refractivity contribution in [1.29, 1.82) is 0 Å². The van der Waals surface area contributed by atoms with E-state index >= 15 is 0 Å². The second-order valence-corrected chi connectivity index (χ2v) is 6.59. The van der Waals surface area contributed by atoms with E-state index in [2.05, 4.69) is 4.98 Å². The molecule has 3 heterocycles. The van der Waals surface area contributed by atoms with Crippen molar-refractivity contribution in [2.24, 2.45) is 0 Å². The molecule has 4 rings (SSSR count). The van der Waals surface area contributed by atoms with Gasteiger partial charge in [-0.25, -0.2) is 9.78 Å². The van der Waals surface area contributed by atoms with Crippen molar-refractivity contribution in [1.82, 2.24) is 9.38 Å². The number of benzene rings is 1. The van der Waals surface area contributed by atoms with Gasteiger partial charge in [0, 0.05) is 22.8 Å². The molecule has 0 aliphatic carbocycles. The van der Waals surface area contributed by atoms with Crippen LogP contribution in [0.15, 0.2) is 57.9 Å². The maximum Gasteiger partial charge on any atom is 0.349 e. The molecule has 0 saturated carbocycles. The van der Waals surface area contributed by atoms with Gasteiger partial charge in [-0.1, -0.05) is 29.8 Å². The van der Waals surface area contributed by atoms with Gasteiger partial charge in [0.15, 0.2) is 0 Å². The average molecular weight is 367 g/mol. The summed E-state index contributed by atoms with van der Waals surface area (Å²) in [5.74, 6) is 0.201. The molecule has 1 N–H and O–H groups in total. The normalized spacial score (nSPS) is 11.2. The Hall–Kier alpha value is -3.05. The Kier molecular flexibility index (Phi) is 3.81. The first kappa shape index (κ1) is 16.4. The van der Waals surface area contributed by atoms with Gasteiger partial charge in [-0.15, -0.1) is 0 Å². The molecule has 0 fully saturated rings. The number of fused-ring (bicyclic) bond motifs is 1. The third kappa shape index (κ3) is 2.66. The molecule has 0 unspecified atom stereocenters. The van der Waals surface area contributed by atoms with Gasteiger partial charge in [0.2, 0.25) is 0 Å². The van der Waals surface area contributed by atoms with Gasteiger partial charge in [-0.2, -0.15) is 0 Å². The van der Waals surface area contributed by atoms with Crippen LogP contribution in [0.5, 0.6) is 5.75 Å². The van der Waals surface area contributed by atoms with Crippen LogP contribution in [-0.4, -0.2) is 14.5 Å². The maximum absolute atomic E-state index is 12.5. The first-order valence-electron chi connectivity index (χ1n) is 8.03. The highest BCUT2D eigenvalue weighted by Gasteiger charge is 2.23. The van der Waals surface area contributed by atoms with E-state index < -0.39 is 5.63 Å². The van der Waals surface area contributed by atoms with E-state index in [-0.39, 0.29) is 11.3 Å². The van der Waals surface area contributed by atoms with Gasteiger partial charge in [-0.3, -0.25) is 4.40 Å². The maximum atomic E-state index is 12.5. The lowest BCUT2D eigenvalue weighted by Gasteiger charge is -2.08. The second kappa shape index (κ2) is 6.04. The van der Waals surface area contributed by atoms with Gasteiger partial charge < -0.3 is 9.52 Å². The van der Waals surface area contributed by atoms with Crippen molar-refractivity contribution in [3.63, 3.8) is 0 Å². The molecule has 6 heteroatoms. The van der Waals surface area contributed by atoms with E-state index in [0.29, 0.717) is 27.8 Å². The summed E-state index contributed by atoms with van der Waals surface area (Å²) >= 11 is 5.99. The SMILES string of the molecule is Cc1ccc2nc(-c3ccc(Cl)cc3)c(-c3c(O)cc(C)oc3=O)n2c1. The molecule has 130 valence electrons. The summed E-state index contributed by atoms with van der Waals surface area (Å²) in [5, 5.41) is 11.1. The minimum atomic E-state index is -0.610. The van der Waals surface area contributed by atoms with Crippen LogP contribution >= 0.6 is 11.6 Å². The second-order valence-electron chi connectivity index (χ2n) is 6.16. The van der Waals surface area contributed by atoms with Gasteiger partial charge in [0.1, 0.15) is 22.7 Å². The van der Waals surface area contributed by atoms with E-state index in [4.69, 9.17) is 16.0 Å². The molecule has 0 aliphatic rings. The highest BCUT2D eigenvalue weighted by Crippen LogP contribution is 2.36. The van der Waals surface area contributed by atoms with Crippen LogP contribution in [0.1, 0.15) is 11.3 Å². The van der Waals surface area contributed by atoms with Crippen LogP contribution in [0.4, 0.5) is 0 Å². The smallest absolute Gasteiger partial charge is 0.349 e. The summed E-state index contributed by atoms with van der Waals surface area (Å²) in [6.45, 7) is 3.56. The number of nitrogens with zero attached hydrogens (tertiary/aromatic N) is 2. The summed E-state index contributed by atoms with van der Waals surface area (Å²) in [5.41, 5.74) is 2.96. The molecular formula is C20H15ClN2O3. The van der Waals surface area contributed by atoms with Gasteiger partial charge in [0.05, 0.1) is 11.4 Å². The molecule has 0 saturated heterocycles. The van der Waals surface area contributed by atoms with Crippen LogP contribution in [0.2, 0.25) is 5.02 Å². The fraction of sp³-hybridized carbons (Fsp3) is 0.100. The fourth-order valence-electron chi connectivity index (χ4n) is 3.01. The third-order valence-corrected chi connectivity index (χ3v) is 4.43. The van der Waals surface area contributed by atoms with Crippen LogP contribution in [0.3, 0.4) is 0 Å². The van der Waals surface area contributed by atoms with Crippen LogP contribution in [0, 0.1) is 13.8 Å². The number of aromatic nitrogens is 2. The van der Waals surface area contributed by atoms with Crippen molar-refractivity contribution in [3.8, 4) is 28.3 Å². The lowest BCUT2D eigenvalue weighted by atomic mass is 10.1. The number of aromatic hydroxyl groups is 1. The van der Waals surface area contributed by atoms with Gasteiger partial charge in [0.25, 0.3) is 0 Å². The zero-order chi connectivity index (χ0) is 18.4. The van der Waals surface area contributed by atoms with E-state index in [1.54, 1.807) is 23.5 Å². The van der Waals surface area contributed by atoms with Crippen molar-refractivity contribution >= 4 is 17.2 Å². The topological polar surface area (TPSA) is 67.7 Å². The van der Waals surface area contributed by atoms with E-state index in [9.17, 15) is 9.90 Å². The summed E-state index contributed by atoms with van der Waals surface area (Å²) < 4.78 is 7.02. The molecule has 3 aromatic heterocycles. The molecule has 0 amide bonds. The first-order chi connectivity index (χ1) is 12.4. The Labute approximate surface area is 154 Å². The number of hydrogen-bond acceptors (Lipinski definition) is 4. The predicted octanol–water partition coefficient (Wildman–Crippen LogP) is 4.60. The fourth-order valence-corrected chi connectivity index (χ4v) is 3.14. The number of imidazole rings is 1. The number of pyridine rings is 1. The van der Waals surface area contributed by atoms with Gasteiger partial charge >= 0.3 is 5.63 Å². The molecule has 0 spiro atoms. The van der Waals surface area contributed by atoms with Gasteiger partial charge in [-0.05, 0) is 37.6 Å². The number of aryl methyl sites for hydroxylation is 2. The van der Waals surface area contributed by atoms with Crippen molar-refractivity contribution in [3.05, 3.63) is 75.4 Å². The first-order valence-corrected chi connectivity index (χ1v) is 8.40. The molecule has 0 aliphatic heterocycles. The Morgan fingerprint density at radius 3 is 2.54 bits per heavy atom. The lowest BCUT2D eigenvalue weighted by Crippen LogP contribution is -2.06. The molecule has 0 atom stereocenters. The third-order valence-electron chi connectivity index (χ3n) is 4.17. The van der Waals surface area contributed by atoms with Crippen molar-refractivity contribution < 1.29 is 9.52 Å². The minimum absolute atomic E-state index is 0.0821. The quantitative estimate of drug-likeness (QED) is 0.563. The molecule has 4 aromatic rings. The molecular weight excluding hydrogens is 352 g/mol. The summed E-state index contributed by atoms with van der Waals surface area (Å²) in [4.78, 5) is 17.2.